The van der Waals surface area contributed by atoms with Gasteiger partial charge < -0.3 is 11.1 Å². The maximum absolute atomic E-state index is 11.8. The Labute approximate surface area is 117 Å². The first-order valence-corrected chi connectivity index (χ1v) is 8.13. The van der Waals surface area contributed by atoms with Crippen LogP contribution in [0.5, 0.6) is 0 Å². The van der Waals surface area contributed by atoms with Gasteiger partial charge in [-0.15, -0.1) is 11.3 Å². The third-order valence-electron chi connectivity index (χ3n) is 2.47. The zero-order chi connectivity index (χ0) is 13.8. The maximum atomic E-state index is 11.8. The number of anilines is 1. The number of thioether (sulfide) groups is 1. The van der Waals surface area contributed by atoms with Gasteiger partial charge in [-0.3, -0.25) is 4.79 Å². The van der Waals surface area contributed by atoms with E-state index < -0.39 is 6.04 Å². The minimum Gasteiger partial charge on any atom is -0.320 e. The van der Waals surface area contributed by atoms with Crippen LogP contribution in [-0.4, -0.2) is 28.9 Å². The molecule has 0 aliphatic carbocycles. The van der Waals surface area contributed by atoms with Crippen molar-refractivity contribution in [3.63, 3.8) is 0 Å². The molecule has 0 spiro atoms. The molecule has 1 aromatic rings. The monoisotopic (exact) mass is 287 g/mol. The van der Waals surface area contributed by atoms with Gasteiger partial charge in [0.25, 0.3) is 0 Å². The zero-order valence-electron chi connectivity index (χ0n) is 11.3. The highest BCUT2D eigenvalue weighted by Crippen LogP contribution is 2.26. The van der Waals surface area contributed by atoms with Crippen molar-refractivity contribution in [3.8, 4) is 0 Å². The van der Waals surface area contributed by atoms with Gasteiger partial charge in [-0.25, -0.2) is 4.98 Å². The molecule has 0 aliphatic heterocycles. The third-order valence-corrected chi connectivity index (χ3v) is 3.87. The Morgan fingerprint density at radius 1 is 1.61 bits per heavy atom. The summed E-state index contributed by atoms with van der Waals surface area (Å²) in [6.07, 6.45) is 2.69. The van der Waals surface area contributed by atoms with Crippen molar-refractivity contribution in [2.75, 3.05) is 17.3 Å². The standard InChI is InChI=1S/C12H21N3OS2/c1-12(2,3)9-7-18-11(14-9)15-10(16)8(13)5-6-17-4/h7-8H,5-6,13H2,1-4H3,(H,14,15,16)/t8-/m1/s1. The molecule has 1 rings (SSSR count). The number of thiazole rings is 1. The summed E-state index contributed by atoms with van der Waals surface area (Å²) in [6.45, 7) is 6.29. The van der Waals surface area contributed by atoms with E-state index in [0.29, 0.717) is 11.6 Å². The number of carbonyl (C=O) groups excluding carboxylic acids is 1. The molecular weight excluding hydrogens is 266 g/mol. The molecule has 1 amide bonds. The van der Waals surface area contributed by atoms with E-state index in [9.17, 15) is 4.79 Å². The normalized spacial score (nSPS) is 13.4. The number of hydrogen-bond acceptors (Lipinski definition) is 5. The fourth-order valence-electron chi connectivity index (χ4n) is 1.25. The summed E-state index contributed by atoms with van der Waals surface area (Å²) in [4.78, 5) is 16.2. The van der Waals surface area contributed by atoms with E-state index in [-0.39, 0.29) is 11.3 Å². The van der Waals surface area contributed by atoms with Gasteiger partial charge >= 0.3 is 0 Å². The number of nitrogens with two attached hydrogens (primary N) is 1. The van der Waals surface area contributed by atoms with Crippen LogP contribution in [-0.2, 0) is 10.2 Å². The molecule has 1 heterocycles. The second-order valence-corrected chi connectivity index (χ2v) is 7.01. The number of hydrogen-bond donors (Lipinski definition) is 2. The SMILES string of the molecule is CSCC[C@@H](N)C(=O)Nc1nc(C(C)(C)C)cs1. The van der Waals surface area contributed by atoms with E-state index in [4.69, 9.17) is 5.73 Å². The van der Waals surface area contributed by atoms with Crippen molar-refractivity contribution in [1.82, 2.24) is 4.98 Å². The first kappa shape index (κ1) is 15.5. The lowest BCUT2D eigenvalue weighted by molar-refractivity contribution is -0.117. The zero-order valence-corrected chi connectivity index (χ0v) is 13.0. The molecule has 6 heteroatoms. The Bertz CT molecular complexity index is 398. The predicted octanol–water partition coefficient (Wildman–Crippen LogP) is 2.46. The third kappa shape index (κ3) is 4.59. The fraction of sp³-hybridized carbons (Fsp3) is 0.667. The molecule has 0 bridgehead atoms. The van der Waals surface area contributed by atoms with Gasteiger partial charge in [-0.05, 0) is 18.4 Å². The minimum atomic E-state index is -0.459. The lowest BCUT2D eigenvalue weighted by atomic mass is 9.93. The van der Waals surface area contributed by atoms with Crippen LogP contribution in [0.25, 0.3) is 0 Å². The highest BCUT2D eigenvalue weighted by molar-refractivity contribution is 7.98. The summed E-state index contributed by atoms with van der Waals surface area (Å²) in [7, 11) is 0. The molecule has 4 nitrogen and oxygen atoms in total. The van der Waals surface area contributed by atoms with Crippen molar-refractivity contribution < 1.29 is 4.79 Å². The average Bonchev–Trinajstić information content (AvgIpc) is 2.73. The molecule has 0 radical (unpaired) electrons. The molecule has 0 aromatic carbocycles. The van der Waals surface area contributed by atoms with Crippen LogP contribution in [0.2, 0.25) is 0 Å². The Balaban J connectivity index is 2.57. The van der Waals surface area contributed by atoms with Gasteiger partial charge in [-0.2, -0.15) is 11.8 Å². The molecule has 1 atom stereocenters. The second-order valence-electron chi connectivity index (χ2n) is 5.17. The topological polar surface area (TPSA) is 68.0 Å². The van der Waals surface area contributed by atoms with E-state index in [0.717, 1.165) is 11.4 Å². The van der Waals surface area contributed by atoms with Crippen LogP contribution in [0.15, 0.2) is 5.38 Å². The molecule has 102 valence electrons. The van der Waals surface area contributed by atoms with Gasteiger partial charge in [0.1, 0.15) is 0 Å². The highest BCUT2D eigenvalue weighted by Gasteiger charge is 2.19. The van der Waals surface area contributed by atoms with Crippen LogP contribution >= 0.6 is 23.1 Å². The largest absolute Gasteiger partial charge is 0.320 e. The molecule has 1 aromatic heterocycles. The first-order valence-electron chi connectivity index (χ1n) is 5.86. The molecular formula is C12H21N3OS2. The van der Waals surface area contributed by atoms with Crippen molar-refractivity contribution in [2.45, 2.75) is 38.6 Å². The van der Waals surface area contributed by atoms with E-state index >= 15 is 0 Å². The fourth-order valence-corrected chi connectivity index (χ4v) is 2.68. The van der Waals surface area contributed by atoms with Crippen molar-refractivity contribution >= 4 is 34.1 Å². The lowest BCUT2D eigenvalue weighted by Crippen LogP contribution is -2.36. The molecule has 3 N–H and O–H groups in total. The van der Waals surface area contributed by atoms with Gasteiger partial charge in [0.2, 0.25) is 5.91 Å². The van der Waals surface area contributed by atoms with Crippen molar-refractivity contribution in [2.24, 2.45) is 5.73 Å². The number of nitrogens with one attached hydrogen (secondary N) is 1. The highest BCUT2D eigenvalue weighted by atomic mass is 32.2. The summed E-state index contributed by atoms with van der Waals surface area (Å²) in [5.74, 6) is 0.735. The van der Waals surface area contributed by atoms with Crippen molar-refractivity contribution in [1.29, 1.82) is 0 Å². The Kier molecular flexibility index (Phi) is 5.62. The minimum absolute atomic E-state index is 0.000441. The Morgan fingerprint density at radius 2 is 2.28 bits per heavy atom. The molecule has 0 saturated carbocycles. The molecule has 0 unspecified atom stereocenters. The van der Waals surface area contributed by atoms with Crippen molar-refractivity contribution in [3.05, 3.63) is 11.1 Å². The summed E-state index contributed by atoms with van der Waals surface area (Å²) in [6, 6.07) is -0.459. The van der Waals surface area contributed by atoms with E-state index in [2.05, 4.69) is 31.1 Å². The molecule has 0 aliphatic rings. The van der Waals surface area contributed by atoms with E-state index in [1.54, 1.807) is 11.8 Å². The number of carbonyl (C=O) groups is 1. The molecule has 18 heavy (non-hydrogen) atoms. The van der Waals surface area contributed by atoms with Crippen LogP contribution < -0.4 is 11.1 Å². The summed E-state index contributed by atoms with van der Waals surface area (Å²) >= 11 is 3.13. The van der Waals surface area contributed by atoms with Gasteiger partial charge in [0.05, 0.1) is 11.7 Å². The first-order chi connectivity index (χ1) is 8.34. The summed E-state index contributed by atoms with van der Waals surface area (Å²) < 4.78 is 0. The average molecular weight is 287 g/mol. The Morgan fingerprint density at radius 3 is 2.78 bits per heavy atom. The van der Waals surface area contributed by atoms with Gasteiger partial charge in [0.15, 0.2) is 5.13 Å². The number of amides is 1. The maximum Gasteiger partial charge on any atom is 0.243 e. The number of aromatic nitrogens is 1. The van der Waals surface area contributed by atoms with Crippen LogP contribution in [0.4, 0.5) is 5.13 Å². The Hall–Kier alpha value is -0.590. The molecule has 0 saturated heterocycles. The second kappa shape index (κ2) is 6.54. The van der Waals surface area contributed by atoms with Crippen LogP contribution in [0, 0.1) is 0 Å². The summed E-state index contributed by atoms with van der Waals surface area (Å²) in [5, 5.41) is 5.38. The molecule has 0 fully saturated rings. The smallest absolute Gasteiger partial charge is 0.243 e. The number of rotatable bonds is 5. The van der Waals surface area contributed by atoms with Gasteiger partial charge in [0, 0.05) is 10.8 Å². The van der Waals surface area contributed by atoms with Crippen LogP contribution in [0.1, 0.15) is 32.9 Å². The quantitative estimate of drug-likeness (QED) is 0.873. The van der Waals surface area contributed by atoms with E-state index in [1.807, 2.05) is 11.6 Å². The predicted molar refractivity (Wildman–Crippen MR) is 80.4 cm³/mol. The van der Waals surface area contributed by atoms with E-state index in [1.165, 1.54) is 11.3 Å². The lowest BCUT2D eigenvalue weighted by Gasteiger charge is -2.14. The summed E-state index contributed by atoms with van der Waals surface area (Å²) in [5.41, 5.74) is 6.78. The number of nitrogens with zero attached hydrogens (tertiary/aromatic N) is 1. The van der Waals surface area contributed by atoms with Gasteiger partial charge in [-0.1, -0.05) is 20.8 Å². The van der Waals surface area contributed by atoms with Crippen LogP contribution in [0.3, 0.4) is 0 Å².